The molecule has 1 N–H and O–H groups in total. The van der Waals surface area contributed by atoms with Crippen molar-refractivity contribution in [3.63, 3.8) is 0 Å². The Morgan fingerprint density at radius 3 is 2.40 bits per heavy atom. The second-order valence-corrected chi connectivity index (χ2v) is 8.12. The number of carbonyl (C=O) groups is 1. The maximum absolute atomic E-state index is 12.6. The van der Waals surface area contributed by atoms with E-state index in [1.807, 2.05) is 43.7 Å². The number of hydrogen-bond acceptors (Lipinski definition) is 6. The first kappa shape index (κ1) is 21.5. The Morgan fingerprint density at radius 1 is 1.13 bits per heavy atom. The molecule has 3 aromatic rings. The number of carbonyl (C=O) groups excluding carboxylic acids is 1. The van der Waals surface area contributed by atoms with E-state index >= 15 is 0 Å². The van der Waals surface area contributed by atoms with Crippen molar-refractivity contribution in [3.05, 3.63) is 81.7 Å². The van der Waals surface area contributed by atoms with E-state index in [0.717, 1.165) is 5.56 Å². The van der Waals surface area contributed by atoms with Crippen LogP contribution < -0.4 is 5.32 Å². The number of amides is 1. The molecule has 9 heteroatoms. The Labute approximate surface area is 178 Å². The van der Waals surface area contributed by atoms with Gasteiger partial charge >= 0.3 is 0 Å². The van der Waals surface area contributed by atoms with Gasteiger partial charge in [-0.15, -0.1) is 10.2 Å². The van der Waals surface area contributed by atoms with E-state index in [9.17, 15) is 14.9 Å². The third-order valence-electron chi connectivity index (χ3n) is 4.65. The molecular weight excluding hydrogens is 402 g/mol. The molecule has 1 amide bonds. The van der Waals surface area contributed by atoms with Crippen molar-refractivity contribution in [1.29, 1.82) is 0 Å². The summed E-state index contributed by atoms with van der Waals surface area (Å²) in [5.41, 5.74) is 1.62. The molecule has 3 rings (SSSR count). The number of nitro groups is 1. The van der Waals surface area contributed by atoms with Gasteiger partial charge in [-0.3, -0.25) is 14.9 Å². The highest BCUT2D eigenvalue weighted by molar-refractivity contribution is 7.98. The average molecular weight is 426 g/mol. The number of aromatic nitrogens is 3. The number of nitrogens with zero attached hydrogens (tertiary/aromatic N) is 4. The van der Waals surface area contributed by atoms with Gasteiger partial charge in [0.15, 0.2) is 11.0 Å². The summed E-state index contributed by atoms with van der Waals surface area (Å²) in [5.74, 6) is 1.25. The van der Waals surface area contributed by atoms with Crippen LogP contribution in [0, 0.1) is 16.0 Å². The van der Waals surface area contributed by atoms with Gasteiger partial charge in [0.1, 0.15) is 0 Å². The monoisotopic (exact) mass is 425 g/mol. The van der Waals surface area contributed by atoms with E-state index in [4.69, 9.17) is 0 Å². The average Bonchev–Trinajstić information content (AvgIpc) is 3.11. The molecule has 0 fully saturated rings. The third kappa shape index (κ3) is 5.04. The van der Waals surface area contributed by atoms with Crippen molar-refractivity contribution < 1.29 is 9.72 Å². The molecule has 0 aliphatic heterocycles. The van der Waals surface area contributed by atoms with Crippen molar-refractivity contribution in [1.82, 2.24) is 20.1 Å². The molecule has 2 aromatic carbocycles. The van der Waals surface area contributed by atoms with Crippen LogP contribution in [0.2, 0.25) is 0 Å². The highest BCUT2D eigenvalue weighted by Crippen LogP contribution is 2.27. The smallest absolute Gasteiger partial charge is 0.269 e. The van der Waals surface area contributed by atoms with Crippen molar-refractivity contribution in [3.8, 4) is 0 Å². The van der Waals surface area contributed by atoms with Crippen LogP contribution >= 0.6 is 11.8 Å². The van der Waals surface area contributed by atoms with E-state index in [1.165, 1.54) is 23.9 Å². The van der Waals surface area contributed by atoms with Gasteiger partial charge in [-0.05, 0) is 23.6 Å². The fourth-order valence-electron chi connectivity index (χ4n) is 2.93. The van der Waals surface area contributed by atoms with E-state index < -0.39 is 4.92 Å². The van der Waals surface area contributed by atoms with Gasteiger partial charge in [-0.1, -0.05) is 55.9 Å². The Bertz CT molecular complexity index is 1020. The largest absolute Gasteiger partial charge is 0.342 e. The SMILES string of the molecule is CC(C)C(NC(=O)c1ccccc1)c1nnc(SCc2ccc([N+](=O)[O-])cc2)n1C. The first-order valence-corrected chi connectivity index (χ1v) is 10.5. The van der Waals surface area contributed by atoms with Crippen LogP contribution in [0.25, 0.3) is 0 Å². The summed E-state index contributed by atoms with van der Waals surface area (Å²) in [6, 6.07) is 15.2. The van der Waals surface area contributed by atoms with Crippen molar-refractivity contribution in [2.24, 2.45) is 13.0 Å². The summed E-state index contributed by atoms with van der Waals surface area (Å²) in [5, 5.41) is 23.1. The third-order valence-corrected chi connectivity index (χ3v) is 5.74. The summed E-state index contributed by atoms with van der Waals surface area (Å²) >= 11 is 1.49. The predicted octanol–water partition coefficient (Wildman–Crippen LogP) is 4.14. The quantitative estimate of drug-likeness (QED) is 0.330. The molecule has 1 heterocycles. The van der Waals surface area contributed by atoms with Crippen molar-refractivity contribution >= 4 is 23.4 Å². The topological polar surface area (TPSA) is 103 Å². The molecule has 0 saturated heterocycles. The zero-order valence-electron chi connectivity index (χ0n) is 17.0. The lowest BCUT2D eigenvalue weighted by Crippen LogP contribution is -2.33. The fourth-order valence-corrected chi connectivity index (χ4v) is 3.80. The second-order valence-electron chi connectivity index (χ2n) is 7.17. The number of benzene rings is 2. The number of rotatable bonds is 8. The molecule has 0 bridgehead atoms. The van der Waals surface area contributed by atoms with Gasteiger partial charge in [0.2, 0.25) is 0 Å². The number of thioether (sulfide) groups is 1. The van der Waals surface area contributed by atoms with E-state index in [1.54, 1.807) is 24.3 Å². The predicted molar refractivity (Wildman–Crippen MR) is 115 cm³/mol. The standard InChI is InChI=1S/C21H23N5O3S/c1-14(2)18(22-20(27)16-7-5-4-6-8-16)19-23-24-21(25(19)3)30-13-15-9-11-17(12-10-15)26(28)29/h4-12,14,18H,13H2,1-3H3,(H,22,27). The summed E-state index contributed by atoms with van der Waals surface area (Å²) < 4.78 is 1.88. The molecule has 0 spiro atoms. The van der Waals surface area contributed by atoms with E-state index in [2.05, 4.69) is 15.5 Å². The molecule has 0 radical (unpaired) electrons. The highest BCUT2D eigenvalue weighted by atomic mass is 32.2. The number of nitro benzene ring substituents is 1. The van der Waals surface area contributed by atoms with Crippen LogP contribution in [0.15, 0.2) is 59.8 Å². The van der Waals surface area contributed by atoms with Crippen molar-refractivity contribution in [2.75, 3.05) is 0 Å². The minimum absolute atomic E-state index is 0.0682. The zero-order chi connectivity index (χ0) is 21.7. The van der Waals surface area contributed by atoms with Crippen LogP contribution in [-0.4, -0.2) is 25.6 Å². The van der Waals surface area contributed by atoms with Crippen molar-refractivity contribution in [2.45, 2.75) is 30.8 Å². The zero-order valence-corrected chi connectivity index (χ0v) is 17.8. The highest BCUT2D eigenvalue weighted by Gasteiger charge is 2.25. The summed E-state index contributed by atoms with van der Waals surface area (Å²) in [6.07, 6.45) is 0. The lowest BCUT2D eigenvalue weighted by atomic mass is 10.0. The van der Waals surface area contributed by atoms with Gasteiger partial charge in [-0.25, -0.2) is 0 Å². The van der Waals surface area contributed by atoms with E-state index in [-0.39, 0.29) is 23.6 Å². The minimum atomic E-state index is -0.415. The Kier molecular flexibility index (Phi) is 6.83. The van der Waals surface area contributed by atoms with Gasteiger partial charge in [0.05, 0.1) is 11.0 Å². The molecule has 8 nitrogen and oxygen atoms in total. The molecule has 0 aliphatic rings. The number of hydrogen-bond donors (Lipinski definition) is 1. The molecule has 0 saturated carbocycles. The first-order chi connectivity index (χ1) is 14.4. The Morgan fingerprint density at radius 2 is 1.80 bits per heavy atom. The molecular formula is C21H23N5O3S. The molecule has 0 aliphatic carbocycles. The van der Waals surface area contributed by atoms with Crippen LogP contribution in [0.5, 0.6) is 0 Å². The van der Waals surface area contributed by atoms with Gasteiger partial charge in [0, 0.05) is 30.5 Å². The fraction of sp³-hybridized carbons (Fsp3) is 0.286. The molecule has 156 valence electrons. The van der Waals surface area contributed by atoms with Crippen LogP contribution in [0.1, 0.15) is 41.6 Å². The number of non-ortho nitro benzene ring substituents is 1. The normalized spacial score (nSPS) is 12.0. The van der Waals surface area contributed by atoms with Gasteiger partial charge < -0.3 is 9.88 Å². The van der Waals surface area contributed by atoms with Crippen LogP contribution in [-0.2, 0) is 12.8 Å². The summed E-state index contributed by atoms with van der Waals surface area (Å²) in [7, 11) is 1.87. The van der Waals surface area contributed by atoms with Crippen LogP contribution in [0.4, 0.5) is 5.69 Å². The minimum Gasteiger partial charge on any atom is -0.342 e. The lowest BCUT2D eigenvalue weighted by Gasteiger charge is -2.21. The Hall–Kier alpha value is -3.20. The summed E-state index contributed by atoms with van der Waals surface area (Å²) in [6.45, 7) is 4.04. The first-order valence-electron chi connectivity index (χ1n) is 9.48. The maximum atomic E-state index is 12.6. The van der Waals surface area contributed by atoms with E-state index in [0.29, 0.717) is 22.3 Å². The Balaban J connectivity index is 1.71. The maximum Gasteiger partial charge on any atom is 0.269 e. The number of nitrogens with one attached hydrogen (secondary N) is 1. The lowest BCUT2D eigenvalue weighted by molar-refractivity contribution is -0.384. The molecule has 30 heavy (non-hydrogen) atoms. The second kappa shape index (κ2) is 9.53. The van der Waals surface area contributed by atoms with Gasteiger partial charge in [0.25, 0.3) is 11.6 Å². The summed E-state index contributed by atoms with van der Waals surface area (Å²) in [4.78, 5) is 23.0. The molecule has 1 unspecified atom stereocenters. The molecule has 1 aromatic heterocycles. The molecule has 1 atom stereocenters. The van der Waals surface area contributed by atoms with Gasteiger partial charge in [-0.2, -0.15) is 0 Å². The van der Waals surface area contributed by atoms with Crippen LogP contribution in [0.3, 0.4) is 0 Å².